The lowest BCUT2D eigenvalue weighted by atomic mass is 10.1. The number of likely N-dealkylation sites (N-methyl/N-ethyl adjacent to an activating group) is 1. The molecular weight excluding hydrogens is 372 g/mol. The Hall–Kier alpha value is -3.29. The first-order chi connectivity index (χ1) is 13.9. The van der Waals surface area contributed by atoms with E-state index in [1.165, 1.54) is 9.47 Å². The van der Waals surface area contributed by atoms with Crippen LogP contribution in [-0.4, -0.2) is 22.0 Å². The van der Waals surface area contributed by atoms with E-state index >= 15 is 0 Å². The van der Waals surface area contributed by atoms with Gasteiger partial charge in [0.15, 0.2) is 5.69 Å². The van der Waals surface area contributed by atoms with Crippen LogP contribution in [-0.2, 0) is 17.8 Å². The standard InChI is InChI=1S/C21H26N4O4/c1-4-6-9-25-19(22)18(20(27)23-21(25)28)24(5-2)17(26)11-14-12-29-16-10-13(3)7-8-15(14)16/h7-8,10,12H,4-6,9,11,22H2,1-3H3,(H,23,27,28). The van der Waals surface area contributed by atoms with Gasteiger partial charge in [0.05, 0.1) is 12.7 Å². The van der Waals surface area contributed by atoms with Gasteiger partial charge in [-0.25, -0.2) is 4.79 Å². The molecule has 3 aromatic rings. The van der Waals surface area contributed by atoms with Gasteiger partial charge in [-0.2, -0.15) is 0 Å². The van der Waals surface area contributed by atoms with Gasteiger partial charge in [0.2, 0.25) is 5.91 Å². The largest absolute Gasteiger partial charge is 0.464 e. The number of amides is 1. The summed E-state index contributed by atoms with van der Waals surface area (Å²) in [6.45, 7) is 6.34. The van der Waals surface area contributed by atoms with Crippen LogP contribution in [0.4, 0.5) is 11.5 Å². The summed E-state index contributed by atoms with van der Waals surface area (Å²) >= 11 is 0. The Morgan fingerprint density at radius 1 is 1.28 bits per heavy atom. The van der Waals surface area contributed by atoms with Crippen LogP contribution in [0.2, 0.25) is 0 Å². The molecule has 29 heavy (non-hydrogen) atoms. The van der Waals surface area contributed by atoms with Crippen molar-refractivity contribution in [1.82, 2.24) is 9.55 Å². The highest BCUT2D eigenvalue weighted by atomic mass is 16.3. The molecule has 0 aliphatic heterocycles. The molecule has 3 N–H and O–H groups in total. The van der Waals surface area contributed by atoms with Crippen LogP contribution in [0.3, 0.4) is 0 Å². The molecule has 0 unspecified atom stereocenters. The SMILES string of the molecule is CCCCn1c(N)c(N(CC)C(=O)Cc2coc3cc(C)ccc23)c(=O)[nH]c1=O. The number of anilines is 2. The summed E-state index contributed by atoms with van der Waals surface area (Å²) in [7, 11) is 0. The number of nitrogen functional groups attached to an aromatic ring is 1. The van der Waals surface area contributed by atoms with E-state index in [2.05, 4.69) is 4.98 Å². The minimum atomic E-state index is -0.664. The molecule has 0 spiro atoms. The molecule has 0 saturated heterocycles. The number of hydrogen-bond acceptors (Lipinski definition) is 5. The monoisotopic (exact) mass is 398 g/mol. The van der Waals surface area contributed by atoms with Crippen LogP contribution < -0.4 is 21.9 Å². The quantitative estimate of drug-likeness (QED) is 0.635. The fourth-order valence-corrected chi connectivity index (χ4v) is 3.42. The maximum Gasteiger partial charge on any atom is 0.330 e. The molecule has 0 bridgehead atoms. The van der Waals surface area contributed by atoms with Gasteiger partial charge >= 0.3 is 5.69 Å². The predicted octanol–water partition coefficient (Wildman–Crippen LogP) is 2.57. The number of H-pyrrole nitrogens is 1. The molecule has 0 aliphatic carbocycles. The average Bonchev–Trinajstić information content (AvgIpc) is 3.06. The molecule has 0 saturated carbocycles. The van der Waals surface area contributed by atoms with E-state index < -0.39 is 11.2 Å². The molecule has 0 atom stereocenters. The van der Waals surface area contributed by atoms with Crippen molar-refractivity contribution >= 4 is 28.4 Å². The van der Waals surface area contributed by atoms with E-state index in [9.17, 15) is 14.4 Å². The van der Waals surface area contributed by atoms with Gasteiger partial charge in [-0.15, -0.1) is 0 Å². The number of nitrogens with one attached hydrogen (secondary N) is 1. The Morgan fingerprint density at radius 2 is 2.03 bits per heavy atom. The zero-order valence-electron chi connectivity index (χ0n) is 16.9. The Labute approximate surface area is 167 Å². The molecule has 0 fully saturated rings. The summed E-state index contributed by atoms with van der Waals surface area (Å²) in [5.74, 6) is -0.288. The van der Waals surface area contributed by atoms with Gasteiger partial charge in [-0.3, -0.25) is 19.1 Å². The van der Waals surface area contributed by atoms with Gasteiger partial charge in [0.1, 0.15) is 11.4 Å². The van der Waals surface area contributed by atoms with Crippen molar-refractivity contribution in [3.63, 3.8) is 0 Å². The summed E-state index contributed by atoms with van der Waals surface area (Å²) in [6, 6.07) is 5.78. The normalized spacial score (nSPS) is 11.1. The maximum absolute atomic E-state index is 13.1. The second-order valence-electron chi connectivity index (χ2n) is 7.07. The van der Waals surface area contributed by atoms with Gasteiger partial charge in [0, 0.05) is 24.0 Å². The van der Waals surface area contributed by atoms with Crippen LogP contribution in [0.5, 0.6) is 0 Å². The highest BCUT2D eigenvalue weighted by Crippen LogP contribution is 2.24. The van der Waals surface area contributed by atoms with Crippen LogP contribution in [0.15, 0.2) is 38.5 Å². The highest BCUT2D eigenvalue weighted by Gasteiger charge is 2.24. The third kappa shape index (κ3) is 3.96. The summed E-state index contributed by atoms with van der Waals surface area (Å²) in [5.41, 5.74) is 7.44. The molecule has 3 rings (SSSR count). The number of aromatic amines is 1. The Morgan fingerprint density at radius 3 is 2.72 bits per heavy atom. The lowest BCUT2D eigenvalue weighted by Gasteiger charge is -2.23. The average molecular weight is 398 g/mol. The number of fused-ring (bicyclic) bond motifs is 1. The minimum absolute atomic E-state index is 0.00933. The maximum atomic E-state index is 13.1. The molecule has 154 valence electrons. The summed E-state index contributed by atoms with van der Waals surface area (Å²) in [4.78, 5) is 41.3. The lowest BCUT2D eigenvalue weighted by molar-refractivity contribution is -0.117. The van der Waals surface area contributed by atoms with Crippen molar-refractivity contribution in [2.75, 3.05) is 17.2 Å². The zero-order chi connectivity index (χ0) is 21.1. The molecular formula is C21H26N4O4. The zero-order valence-corrected chi connectivity index (χ0v) is 16.9. The molecule has 2 heterocycles. The first kappa shape index (κ1) is 20.4. The first-order valence-corrected chi connectivity index (χ1v) is 9.77. The van der Waals surface area contributed by atoms with Crippen LogP contribution in [0, 0.1) is 6.92 Å². The van der Waals surface area contributed by atoms with Crippen molar-refractivity contribution in [2.45, 2.75) is 46.6 Å². The Balaban J connectivity index is 1.97. The molecule has 8 nitrogen and oxygen atoms in total. The summed E-state index contributed by atoms with van der Waals surface area (Å²) in [6.07, 6.45) is 3.21. The molecule has 0 aliphatic rings. The number of aromatic nitrogens is 2. The number of rotatable bonds is 7. The summed E-state index contributed by atoms with van der Waals surface area (Å²) < 4.78 is 6.88. The van der Waals surface area contributed by atoms with Gasteiger partial charge in [0.25, 0.3) is 5.56 Å². The van der Waals surface area contributed by atoms with Crippen molar-refractivity contribution in [3.05, 3.63) is 56.4 Å². The van der Waals surface area contributed by atoms with E-state index in [4.69, 9.17) is 10.2 Å². The number of furan rings is 1. The topological polar surface area (TPSA) is 114 Å². The van der Waals surface area contributed by atoms with E-state index in [1.54, 1.807) is 13.2 Å². The van der Waals surface area contributed by atoms with Crippen molar-refractivity contribution in [1.29, 1.82) is 0 Å². The molecule has 2 aromatic heterocycles. The number of aryl methyl sites for hydroxylation is 1. The number of benzene rings is 1. The van der Waals surface area contributed by atoms with Gasteiger partial charge < -0.3 is 15.1 Å². The molecule has 8 heteroatoms. The van der Waals surface area contributed by atoms with Gasteiger partial charge in [-0.1, -0.05) is 25.5 Å². The van der Waals surface area contributed by atoms with Crippen LogP contribution >= 0.6 is 0 Å². The van der Waals surface area contributed by atoms with Crippen LogP contribution in [0.1, 0.15) is 37.8 Å². The number of carbonyl (C=O) groups excluding carboxylic acids is 1. The van der Waals surface area contributed by atoms with Crippen molar-refractivity contribution in [2.24, 2.45) is 0 Å². The Bertz CT molecular complexity index is 1160. The number of carbonyl (C=O) groups is 1. The fourth-order valence-electron chi connectivity index (χ4n) is 3.42. The van der Waals surface area contributed by atoms with E-state index in [0.29, 0.717) is 12.1 Å². The third-order valence-corrected chi connectivity index (χ3v) is 4.99. The van der Waals surface area contributed by atoms with E-state index in [-0.39, 0.29) is 30.4 Å². The van der Waals surface area contributed by atoms with E-state index in [0.717, 1.165) is 29.4 Å². The first-order valence-electron chi connectivity index (χ1n) is 9.77. The number of hydrogen-bond donors (Lipinski definition) is 2. The third-order valence-electron chi connectivity index (χ3n) is 4.99. The second-order valence-corrected chi connectivity index (χ2v) is 7.07. The molecule has 1 amide bonds. The molecule has 1 aromatic carbocycles. The van der Waals surface area contributed by atoms with E-state index in [1.807, 2.05) is 32.0 Å². The van der Waals surface area contributed by atoms with Crippen molar-refractivity contribution < 1.29 is 9.21 Å². The van der Waals surface area contributed by atoms with Gasteiger partial charge in [-0.05, 0) is 31.9 Å². The second kappa shape index (κ2) is 8.38. The highest BCUT2D eigenvalue weighted by molar-refractivity contribution is 5.98. The van der Waals surface area contributed by atoms with Crippen molar-refractivity contribution in [3.8, 4) is 0 Å². The lowest BCUT2D eigenvalue weighted by Crippen LogP contribution is -2.41. The smallest absolute Gasteiger partial charge is 0.330 e. The minimum Gasteiger partial charge on any atom is -0.464 e. The Kier molecular flexibility index (Phi) is 5.91. The summed E-state index contributed by atoms with van der Waals surface area (Å²) in [5, 5.41) is 0.856. The number of nitrogens with two attached hydrogens (primary N) is 1. The number of unbranched alkanes of at least 4 members (excludes halogenated alkanes) is 1. The molecule has 0 radical (unpaired) electrons. The fraction of sp³-hybridized carbons (Fsp3) is 0.381. The predicted molar refractivity (Wildman–Crippen MR) is 113 cm³/mol. The number of nitrogens with zero attached hydrogens (tertiary/aromatic N) is 2. The van der Waals surface area contributed by atoms with Crippen LogP contribution in [0.25, 0.3) is 11.0 Å².